The Bertz CT molecular complexity index is 791. The zero-order valence-corrected chi connectivity index (χ0v) is 13.3. The van der Waals surface area contributed by atoms with Crippen LogP contribution in [0.25, 0.3) is 5.69 Å². The number of aromatic nitrogens is 2. The van der Waals surface area contributed by atoms with Gasteiger partial charge in [-0.1, -0.05) is 12.1 Å². The molecule has 1 atom stereocenters. The Labute approximate surface area is 134 Å². The molecule has 1 aromatic carbocycles. The van der Waals surface area contributed by atoms with Crippen molar-refractivity contribution in [1.82, 2.24) is 14.1 Å². The van der Waals surface area contributed by atoms with Crippen molar-refractivity contribution in [2.24, 2.45) is 5.92 Å². The molecule has 0 amide bonds. The van der Waals surface area contributed by atoms with Crippen LogP contribution in [-0.2, 0) is 10.0 Å². The van der Waals surface area contributed by atoms with E-state index in [-0.39, 0.29) is 23.1 Å². The Morgan fingerprint density at radius 2 is 2.13 bits per heavy atom. The zero-order valence-electron chi connectivity index (χ0n) is 12.5. The van der Waals surface area contributed by atoms with Gasteiger partial charge in [-0.3, -0.25) is 0 Å². The van der Waals surface area contributed by atoms with Crippen molar-refractivity contribution in [3.05, 3.63) is 42.5 Å². The van der Waals surface area contributed by atoms with E-state index in [4.69, 9.17) is 0 Å². The first-order valence-corrected chi connectivity index (χ1v) is 8.87. The number of hydrogen-bond donors (Lipinski definition) is 1. The molecule has 0 saturated carbocycles. The molecule has 1 unspecified atom stereocenters. The van der Waals surface area contributed by atoms with Crippen LogP contribution in [0.1, 0.15) is 12.8 Å². The van der Waals surface area contributed by atoms with Crippen LogP contribution >= 0.6 is 0 Å². The fourth-order valence-corrected chi connectivity index (χ4v) is 4.24. The minimum Gasteiger partial charge on any atom is -0.396 e. The quantitative estimate of drug-likeness (QED) is 0.914. The summed E-state index contributed by atoms with van der Waals surface area (Å²) in [5.41, 5.74) is 0.195. The first-order chi connectivity index (χ1) is 11.0. The summed E-state index contributed by atoms with van der Waals surface area (Å²) in [6.45, 7) is 0.688. The maximum atomic E-state index is 13.8. The first kappa shape index (κ1) is 16.1. The molecule has 0 aliphatic carbocycles. The third kappa shape index (κ3) is 3.15. The number of aliphatic hydroxyl groups excluding tert-OH is 1. The summed E-state index contributed by atoms with van der Waals surface area (Å²) in [6.07, 6.45) is 4.07. The third-order valence-electron chi connectivity index (χ3n) is 4.04. The van der Waals surface area contributed by atoms with Crippen molar-refractivity contribution < 1.29 is 17.9 Å². The highest BCUT2D eigenvalue weighted by Gasteiger charge is 2.31. The van der Waals surface area contributed by atoms with E-state index in [1.54, 1.807) is 12.1 Å². The molecule has 1 N–H and O–H groups in total. The lowest BCUT2D eigenvalue weighted by Crippen LogP contribution is -2.40. The molecular formula is C15H18FN3O3S. The lowest BCUT2D eigenvalue weighted by molar-refractivity contribution is 0.165. The molecule has 1 saturated heterocycles. The van der Waals surface area contributed by atoms with Crippen molar-refractivity contribution >= 4 is 10.0 Å². The van der Waals surface area contributed by atoms with Gasteiger partial charge in [0.2, 0.25) is 10.0 Å². The molecule has 23 heavy (non-hydrogen) atoms. The highest BCUT2D eigenvalue weighted by molar-refractivity contribution is 7.89. The Morgan fingerprint density at radius 3 is 2.87 bits per heavy atom. The molecule has 3 rings (SSSR count). The second-order valence-electron chi connectivity index (χ2n) is 5.63. The van der Waals surface area contributed by atoms with Gasteiger partial charge >= 0.3 is 0 Å². The lowest BCUT2D eigenvalue weighted by Gasteiger charge is -2.30. The summed E-state index contributed by atoms with van der Waals surface area (Å²) in [6, 6.07) is 6.04. The SMILES string of the molecule is O=S(=O)(c1cnn(-c2ccccc2F)c1)N1CCCC(CO)C1. The van der Waals surface area contributed by atoms with Crippen molar-refractivity contribution in [2.45, 2.75) is 17.7 Å². The van der Waals surface area contributed by atoms with Crippen molar-refractivity contribution in [3.63, 3.8) is 0 Å². The molecule has 6 nitrogen and oxygen atoms in total. The average molecular weight is 339 g/mol. The second kappa shape index (κ2) is 6.38. The normalized spacial score (nSPS) is 19.8. The van der Waals surface area contributed by atoms with Crippen LogP contribution in [0.3, 0.4) is 0 Å². The fourth-order valence-electron chi connectivity index (χ4n) is 2.75. The van der Waals surface area contributed by atoms with Crippen molar-refractivity contribution in [2.75, 3.05) is 19.7 Å². The number of sulfonamides is 1. The van der Waals surface area contributed by atoms with Crippen LogP contribution in [0.15, 0.2) is 41.6 Å². The molecule has 8 heteroatoms. The monoisotopic (exact) mass is 339 g/mol. The maximum absolute atomic E-state index is 13.8. The van der Waals surface area contributed by atoms with Gasteiger partial charge in [0, 0.05) is 19.7 Å². The van der Waals surface area contributed by atoms with E-state index in [9.17, 15) is 17.9 Å². The smallest absolute Gasteiger partial charge is 0.246 e. The number of halogens is 1. The number of para-hydroxylation sites is 1. The van der Waals surface area contributed by atoms with E-state index in [2.05, 4.69) is 5.10 Å². The van der Waals surface area contributed by atoms with Crippen LogP contribution in [0, 0.1) is 11.7 Å². The van der Waals surface area contributed by atoms with Gasteiger partial charge in [0.15, 0.2) is 0 Å². The first-order valence-electron chi connectivity index (χ1n) is 7.43. The maximum Gasteiger partial charge on any atom is 0.246 e. The molecule has 1 fully saturated rings. The van der Waals surface area contributed by atoms with Gasteiger partial charge in [0.05, 0.1) is 12.4 Å². The van der Waals surface area contributed by atoms with E-state index >= 15 is 0 Å². The molecule has 2 aromatic rings. The van der Waals surface area contributed by atoms with E-state index in [1.165, 1.54) is 33.5 Å². The fraction of sp³-hybridized carbons (Fsp3) is 0.400. The highest BCUT2D eigenvalue weighted by atomic mass is 32.2. The largest absolute Gasteiger partial charge is 0.396 e. The number of nitrogens with zero attached hydrogens (tertiary/aromatic N) is 3. The summed E-state index contributed by atoms with van der Waals surface area (Å²) in [7, 11) is -3.69. The standard InChI is InChI=1S/C15H18FN3O3S/c16-14-5-1-2-6-15(14)19-10-13(8-17-19)23(21,22)18-7-3-4-12(9-18)11-20/h1-2,5-6,8,10,12,20H,3-4,7,9,11H2. The molecule has 1 aromatic heterocycles. The van der Waals surface area contributed by atoms with Gasteiger partial charge in [-0.05, 0) is 30.9 Å². The summed E-state index contributed by atoms with van der Waals surface area (Å²) >= 11 is 0. The van der Waals surface area contributed by atoms with Gasteiger partial charge < -0.3 is 5.11 Å². The van der Waals surface area contributed by atoms with Gasteiger partial charge in [0.25, 0.3) is 0 Å². The lowest BCUT2D eigenvalue weighted by atomic mass is 10.0. The van der Waals surface area contributed by atoms with Crippen molar-refractivity contribution in [1.29, 1.82) is 0 Å². The van der Waals surface area contributed by atoms with E-state index in [0.29, 0.717) is 19.5 Å². The number of hydrogen-bond acceptors (Lipinski definition) is 4. The van der Waals surface area contributed by atoms with Crippen LogP contribution in [-0.4, -0.2) is 47.3 Å². The predicted octanol–water partition coefficient (Wildman–Crippen LogP) is 1.40. The van der Waals surface area contributed by atoms with E-state index < -0.39 is 15.8 Å². The minimum absolute atomic E-state index is 0.0272. The second-order valence-corrected chi connectivity index (χ2v) is 7.56. The number of aliphatic hydroxyl groups is 1. The molecule has 0 radical (unpaired) electrons. The third-order valence-corrected chi connectivity index (χ3v) is 5.85. The molecule has 0 spiro atoms. The molecular weight excluding hydrogens is 321 g/mol. The van der Waals surface area contributed by atoms with E-state index in [1.807, 2.05) is 0 Å². The number of piperidine rings is 1. The van der Waals surface area contributed by atoms with Gasteiger partial charge in [-0.25, -0.2) is 17.5 Å². The Balaban J connectivity index is 1.89. The summed E-state index contributed by atoms with van der Waals surface area (Å²) in [4.78, 5) is 0.0272. The van der Waals surface area contributed by atoms with Crippen LogP contribution < -0.4 is 0 Å². The molecule has 1 aliphatic rings. The Hall–Kier alpha value is -1.77. The van der Waals surface area contributed by atoms with Gasteiger partial charge in [-0.2, -0.15) is 9.40 Å². The summed E-state index contributed by atoms with van der Waals surface area (Å²) in [5, 5.41) is 13.2. The topological polar surface area (TPSA) is 75.4 Å². The molecule has 0 bridgehead atoms. The zero-order chi connectivity index (χ0) is 16.4. The van der Waals surface area contributed by atoms with Gasteiger partial charge in [0.1, 0.15) is 16.4 Å². The number of rotatable bonds is 4. The van der Waals surface area contributed by atoms with Crippen LogP contribution in [0.5, 0.6) is 0 Å². The van der Waals surface area contributed by atoms with E-state index in [0.717, 1.165) is 6.42 Å². The highest BCUT2D eigenvalue weighted by Crippen LogP contribution is 2.24. The summed E-state index contributed by atoms with van der Waals surface area (Å²) in [5.74, 6) is -0.516. The van der Waals surface area contributed by atoms with Crippen molar-refractivity contribution in [3.8, 4) is 5.69 Å². The minimum atomic E-state index is -3.69. The Morgan fingerprint density at radius 1 is 1.35 bits per heavy atom. The number of benzene rings is 1. The van der Waals surface area contributed by atoms with Crippen LogP contribution in [0.2, 0.25) is 0 Å². The molecule has 1 aliphatic heterocycles. The molecule has 124 valence electrons. The Kier molecular flexibility index (Phi) is 4.47. The molecule has 2 heterocycles. The average Bonchev–Trinajstić information content (AvgIpc) is 3.06. The summed E-state index contributed by atoms with van der Waals surface area (Å²) < 4.78 is 41.7. The van der Waals surface area contributed by atoms with Crippen LogP contribution in [0.4, 0.5) is 4.39 Å². The predicted molar refractivity (Wildman–Crippen MR) is 82.1 cm³/mol. The van der Waals surface area contributed by atoms with Gasteiger partial charge in [-0.15, -0.1) is 0 Å².